The van der Waals surface area contributed by atoms with E-state index < -0.39 is 0 Å². The van der Waals surface area contributed by atoms with Crippen molar-refractivity contribution in [3.63, 3.8) is 0 Å². The molecule has 72 valence electrons. The Kier molecular flexibility index (Phi) is 1.64. The molecule has 0 N–H and O–H groups in total. The lowest BCUT2D eigenvalue weighted by Gasteiger charge is -2.20. The molecule has 2 heterocycles. The fraction of sp³-hybridized carbons (Fsp3) is 0.333. The molecule has 1 aromatic carbocycles. The van der Waals surface area contributed by atoms with Crippen LogP contribution in [0.3, 0.4) is 0 Å². The summed E-state index contributed by atoms with van der Waals surface area (Å²) in [7, 11) is 2.14. The molecule has 1 aliphatic heterocycles. The first kappa shape index (κ1) is 8.06. The number of rotatable bonds is 0. The summed E-state index contributed by atoms with van der Waals surface area (Å²) in [6.45, 7) is 2.08. The van der Waals surface area contributed by atoms with Gasteiger partial charge in [0, 0.05) is 17.5 Å². The third-order valence-electron chi connectivity index (χ3n) is 2.94. The zero-order valence-electron chi connectivity index (χ0n) is 8.29. The van der Waals surface area contributed by atoms with Crippen molar-refractivity contribution in [1.82, 2.24) is 4.90 Å². The molecule has 3 rings (SSSR count). The number of likely N-dealkylation sites (N-methyl/N-ethyl adjacent to an activating group) is 1. The fourth-order valence-electron chi connectivity index (χ4n) is 2.18. The smallest absolute Gasteiger partial charge is 0.134 e. The van der Waals surface area contributed by atoms with Crippen LogP contribution in [0.2, 0.25) is 0 Å². The van der Waals surface area contributed by atoms with E-state index >= 15 is 0 Å². The van der Waals surface area contributed by atoms with Crippen molar-refractivity contribution in [3.05, 3.63) is 35.6 Å². The second-order valence-corrected chi connectivity index (χ2v) is 3.99. The molecule has 14 heavy (non-hydrogen) atoms. The summed E-state index contributed by atoms with van der Waals surface area (Å²) in [4.78, 5) is 2.30. The molecule has 0 spiro atoms. The Balaban J connectivity index is 2.24. The minimum absolute atomic E-state index is 0.948. The maximum absolute atomic E-state index is 5.82. The van der Waals surface area contributed by atoms with Crippen LogP contribution in [-0.4, -0.2) is 18.5 Å². The van der Waals surface area contributed by atoms with Gasteiger partial charge in [0.05, 0.1) is 6.54 Å². The van der Waals surface area contributed by atoms with Gasteiger partial charge in [-0.3, -0.25) is 4.90 Å². The van der Waals surface area contributed by atoms with E-state index in [1.807, 2.05) is 12.1 Å². The van der Waals surface area contributed by atoms with Crippen LogP contribution in [0.25, 0.3) is 11.0 Å². The Bertz CT molecular complexity index is 472. The molecule has 0 amide bonds. The lowest BCUT2D eigenvalue weighted by Crippen LogP contribution is -2.25. The van der Waals surface area contributed by atoms with E-state index in [1.54, 1.807) is 0 Å². The standard InChI is InChI=1S/C12H13NO/c1-13-7-6-10-9-4-2-3-5-11(9)14-12(10)8-13/h2-5H,6-8H2,1H3. The average molecular weight is 187 g/mol. The molecule has 0 aliphatic carbocycles. The van der Waals surface area contributed by atoms with Crippen molar-refractivity contribution in [2.45, 2.75) is 13.0 Å². The second-order valence-electron chi connectivity index (χ2n) is 3.99. The minimum Gasteiger partial charge on any atom is -0.459 e. The summed E-state index contributed by atoms with van der Waals surface area (Å²) >= 11 is 0. The number of para-hydroxylation sites is 1. The normalized spacial score (nSPS) is 17.2. The number of hydrogen-bond acceptors (Lipinski definition) is 2. The van der Waals surface area contributed by atoms with Gasteiger partial charge in [0.2, 0.25) is 0 Å². The number of benzene rings is 1. The molecule has 0 unspecified atom stereocenters. The minimum atomic E-state index is 0.948. The van der Waals surface area contributed by atoms with E-state index in [-0.39, 0.29) is 0 Å². The third kappa shape index (κ3) is 1.07. The van der Waals surface area contributed by atoms with E-state index in [9.17, 15) is 0 Å². The average Bonchev–Trinajstić information content (AvgIpc) is 2.54. The van der Waals surface area contributed by atoms with Crippen molar-refractivity contribution < 1.29 is 4.42 Å². The predicted molar refractivity (Wildman–Crippen MR) is 56.3 cm³/mol. The van der Waals surface area contributed by atoms with Crippen LogP contribution in [0.15, 0.2) is 28.7 Å². The van der Waals surface area contributed by atoms with E-state index in [0.717, 1.165) is 30.9 Å². The number of fused-ring (bicyclic) bond motifs is 3. The van der Waals surface area contributed by atoms with Gasteiger partial charge in [0.25, 0.3) is 0 Å². The lowest BCUT2D eigenvalue weighted by molar-refractivity contribution is 0.281. The van der Waals surface area contributed by atoms with Crippen molar-refractivity contribution in [1.29, 1.82) is 0 Å². The molecule has 0 bridgehead atoms. The largest absolute Gasteiger partial charge is 0.459 e. The van der Waals surface area contributed by atoms with Crippen molar-refractivity contribution in [2.75, 3.05) is 13.6 Å². The number of furan rings is 1. The second kappa shape index (κ2) is 2.85. The first-order valence-electron chi connectivity index (χ1n) is 5.02. The van der Waals surface area contributed by atoms with Crippen molar-refractivity contribution >= 4 is 11.0 Å². The topological polar surface area (TPSA) is 16.4 Å². The van der Waals surface area contributed by atoms with E-state index in [4.69, 9.17) is 4.42 Å². The van der Waals surface area contributed by atoms with Gasteiger partial charge < -0.3 is 4.42 Å². The first-order valence-corrected chi connectivity index (χ1v) is 5.02. The monoisotopic (exact) mass is 187 g/mol. The van der Waals surface area contributed by atoms with Crippen LogP contribution in [0.4, 0.5) is 0 Å². The van der Waals surface area contributed by atoms with Crippen molar-refractivity contribution in [3.8, 4) is 0 Å². The fourth-order valence-corrected chi connectivity index (χ4v) is 2.18. The molecule has 2 nitrogen and oxygen atoms in total. The Hall–Kier alpha value is -1.28. The molecule has 0 saturated carbocycles. The van der Waals surface area contributed by atoms with Gasteiger partial charge in [-0.05, 0) is 19.5 Å². The highest BCUT2D eigenvalue weighted by Crippen LogP contribution is 2.29. The van der Waals surface area contributed by atoms with Crippen LogP contribution in [0.1, 0.15) is 11.3 Å². The number of nitrogens with zero attached hydrogens (tertiary/aromatic N) is 1. The third-order valence-corrected chi connectivity index (χ3v) is 2.94. The molecule has 0 fully saturated rings. The maximum Gasteiger partial charge on any atom is 0.134 e. The highest BCUT2D eigenvalue weighted by molar-refractivity contribution is 5.82. The highest BCUT2D eigenvalue weighted by atomic mass is 16.3. The molecule has 0 atom stereocenters. The van der Waals surface area contributed by atoms with Gasteiger partial charge in [0.1, 0.15) is 11.3 Å². The highest BCUT2D eigenvalue weighted by Gasteiger charge is 2.19. The Labute approximate surface area is 83.1 Å². The summed E-state index contributed by atoms with van der Waals surface area (Å²) in [5.41, 5.74) is 2.45. The summed E-state index contributed by atoms with van der Waals surface area (Å²) in [6, 6.07) is 8.31. The first-order chi connectivity index (χ1) is 6.84. The van der Waals surface area contributed by atoms with Crippen LogP contribution in [0.5, 0.6) is 0 Å². The Morgan fingerprint density at radius 3 is 3.07 bits per heavy atom. The molecule has 2 heteroatoms. The van der Waals surface area contributed by atoms with Gasteiger partial charge >= 0.3 is 0 Å². The van der Waals surface area contributed by atoms with Gasteiger partial charge in [-0.25, -0.2) is 0 Å². The van der Waals surface area contributed by atoms with Crippen LogP contribution >= 0.6 is 0 Å². The summed E-state index contributed by atoms with van der Waals surface area (Å²) in [5, 5.41) is 1.30. The summed E-state index contributed by atoms with van der Waals surface area (Å²) < 4.78 is 5.82. The van der Waals surface area contributed by atoms with E-state index in [0.29, 0.717) is 0 Å². The van der Waals surface area contributed by atoms with Gasteiger partial charge in [-0.1, -0.05) is 18.2 Å². The summed E-state index contributed by atoms with van der Waals surface area (Å²) in [5.74, 6) is 1.15. The molecule has 0 radical (unpaired) electrons. The number of hydrogen-bond donors (Lipinski definition) is 0. The van der Waals surface area contributed by atoms with Crippen LogP contribution in [0, 0.1) is 0 Å². The predicted octanol–water partition coefficient (Wildman–Crippen LogP) is 2.42. The lowest BCUT2D eigenvalue weighted by atomic mass is 10.0. The Morgan fingerprint density at radius 1 is 1.29 bits per heavy atom. The van der Waals surface area contributed by atoms with Crippen LogP contribution < -0.4 is 0 Å². The SMILES string of the molecule is CN1CCc2c(oc3ccccc23)C1. The molecule has 0 saturated heterocycles. The molecule has 2 aromatic rings. The van der Waals surface area contributed by atoms with Gasteiger partial charge in [-0.2, -0.15) is 0 Å². The maximum atomic E-state index is 5.82. The Morgan fingerprint density at radius 2 is 2.14 bits per heavy atom. The van der Waals surface area contributed by atoms with E-state index in [2.05, 4.69) is 24.1 Å². The molecular formula is C12H13NO. The zero-order valence-corrected chi connectivity index (χ0v) is 8.29. The van der Waals surface area contributed by atoms with Crippen LogP contribution in [-0.2, 0) is 13.0 Å². The quantitative estimate of drug-likeness (QED) is 0.629. The van der Waals surface area contributed by atoms with Crippen molar-refractivity contribution in [2.24, 2.45) is 0 Å². The molecule has 1 aliphatic rings. The molecule has 1 aromatic heterocycles. The van der Waals surface area contributed by atoms with Gasteiger partial charge in [0.15, 0.2) is 0 Å². The molecular weight excluding hydrogens is 174 g/mol. The van der Waals surface area contributed by atoms with E-state index in [1.165, 1.54) is 10.9 Å². The summed E-state index contributed by atoms with van der Waals surface area (Å²) in [6.07, 6.45) is 1.11. The van der Waals surface area contributed by atoms with Gasteiger partial charge in [-0.15, -0.1) is 0 Å². The zero-order chi connectivity index (χ0) is 9.54.